The van der Waals surface area contributed by atoms with Gasteiger partial charge in [-0.2, -0.15) is 39.5 Å². The topological polar surface area (TPSA) is 3.24 Å². The molecule has 21 heavy (non-hydrogen) atoms. The molecule has 0 saturated carbocycles. The molecule has 1 nitrogen and oxygen atoms in total. The van der Waals surface area contributed by atoms with Crippen LogP contribution in [0.1, 0.15) is 5.56 Å². The Morgan fingerprint density at radius 2 is 1.24 bits per heavy atom. The molecule has 120 valence electrons. The molecule has 1 aromatic carbocycles. The highest BCUT2D eigenvalue weighted by Crippen LogP contribution is 2.33. The van der Waals surface area contributed by atoms with Gasteiger partial charge in [-0.05, 0) is 18.2 Å². The van der Waals surface area contributed by atoms with Gasteiger partial charge in [0.1, 0.15) is 13.1 Å². The van der Waals surface area contributed by atoms with Crippen molar-refractivity contribution in [3.63, 3.8) is 0 Å². The third kappa shape index (κ3) is 6.13. The minimum Gasteiger partial charge on any atom is -0.353 e. The average molecular weight is 325 g/mol. The van der Waals surface area contributed by atoms with Crippen LogP contribution in [0.25, 0.3) is 0 Å². The van der Waals surface area contributed by atoms with Crippen LogP contribution >= 0.6 is 0 Å². The lowest BCUT2D eigenvalue weighted by Gasteiger charge is -2.27. The van der Waals surface area contributed by atoms with E-state index in [1.165, 1.54) is 0 Å². The predicted octanol–water partition coefficient (Wildman–Crippen LogP) is 4.64. The van der Waals surface area contributed by atoms with E-state index in [1.54, 1.807) is 0 Å². The molecule has 10 heteroatoms. The van der Waals surface area contributed by atoms with Crippen molar-refractivity contribution in [1.29, 1.82) is 0 Å². The van der Waals surface area contributed by atoms with E-state index in [2.05, 4.69) is 0 Å². The number of alkyl halides is 9. The van der Waals surface area contributed by atoms with Crippen LogP contribution in [0, 0.1) is 0 Å². The molecule has 0 fully saturated rings. The number of hydrogen-bond donors (Lipinski definition) is 0. The standard InChI is InChI=1S/C11H8F9N/c12-9(13,14)5-21(6-10(15,16)17)8-3-1-2-7(4-8)11(18,19)20/h1-4H,5-6H2. The van der Waals surface area contributed by atoms with Gasteiger partial charge < -0.3 is 4.90 Å². The van der Waals surface area contributed by atoms with Crippen molar-refractivity contribution in [3.05, 3.63) is 29.8 Å². The monoisotopic (exact) mass is 325 g/mol. The second-order valence-electron chi connectivity index (χ2n) is 4.13. The quantitative estimate of drug-likeness (QED) is 0.732. The molecule has 0 spiro atoms. The van der Waals surface area contributed by atoms with Crippen LogP contribution in [-0.4, -0.2) is 25.4 Å². The van der Waals surface area contributed by atoms with Crippen molar-refractivity contribution in [1.82, 2.24) is 0 Å². The molecular weight excluding hydrogens is 317 g/mol. The molecule has 0 bridgehead atoms. The lowest BCUT2D eigenvalue weighted by atomic mass is 10.1. The second kappa shape index (κ2) is 5.64. The number of nitrogens with zero attached hydrogens (tertiary/aromatic N) is 1. The molecule has 0 aliphatic heterocycles. The summed E-state index contributed by atoms with van der Waals surface area (Å²) in [6.07, 6.45) is -14.8. The predicted molar refractivity (Wildman–Crippen MR) is 55.8 cm³/mol. The number of benzene rings is 1. The first kappa shape index (κ1) is 17.4. The Morgan fingerprint density at radius 1 is 0.762 bits per heavy atom. The number of halogens is 9. The van der Waals surface area contributed by atoms with E-state index >= 15 is 0 Å². The Hall–Kier alpha value is -1.61. The molecule has 1 rings (SSSR count). The van der Waals surface area contributed by atoms with E-state index in [4.69, 9.17) is 0 Å². The summed E-state index contributed by atoms with van der Waals surface area (Å²) in [6, 6.07) is 2.31. The van der Waals surface area contributed by atoms with E-state index in [0.29, 0.717) is 6.07 Å². The van der Waals surface area contributed by atoms with Gasteiger partial charge >= 0.3 is 18.5 Å². The van der Waals surface area contributed by atoms with Gasteiger partial charge in [0.2, 0.25) is 0 Å². The van der Waals surface area contributed by atoms with Crippen molar-refractivity contribution >= 4 is 5.69 Å². The first-order chi connectivity index (χ1) is 9.28. The molecule has 0 N–H and O–H groups in total. The van der Waals surface area contributed by atoms with E-state index in [1.807, 2.05) is 0 Å². The summed E-state index contributed by atoms with van der Waals surface area (Å²) in [5.74, 6) is 0. The van der Waals surface area contributed by atoms with Gasteiger partial charge in [-0.25, -0.2) is 0 Å². The fourth-order valence-corrected chi connectivity index (χ4v) is 1.55. The second-order valence-corrected chi connectivity index (χ2v) is 4.13. The molecule has 0 atom stereocenters. The summed E-state index contributed by atoms with van der Waals surface area (Å²) in [6.45, 7) is -4.01. The van der Waals surface area contributed by atoms with Gasteiger partial charge in [0.05, 0.1) is 5.56 Å². The minimum atomic E-state index is -4.99. The highest BCUT2D eigenvalue weighted by molar-refractivity contribution is 5.49. The highest BCUT2D eigenvalue weighted by Gasteiger charge is 2.38. The van der Waals surface area contributed by atoms with E-state index in [0.717, 1.165) is 12.1 Å². The molecule has 0 radical (unpaired) electrons. The van der Waals surface area contributed by atoms with E-state index < -0.39 is 42.9 Å². The Balaban J connectivity index is 3.14. The van der Waals surface area contributed by atoms with E-state index in [9.17, 15) is 39.5 Å². The smallest absolute Gasteiger partial charge is 0.353 e. The number of rotatable bonds is 3. The molecule has 1 aromatic rings. The fourth-order valence-electron chi connectivity index (χ4n) is 1.55. The van der Waals surface area contributed by atoms with E-state index in [-0.39, 0.29) is 11.0 Å². The summed E-state index contributed by atoms with van der Waals surface area (Å²) < 4.78 is 111. The van der Waals surface area contributed by atoms with Gasteiger partial charge in [-0.15, -0.1) is 0 Å². The lowest BCUT2D eigenvalue weighted by Crippen LogP contribution is -2.40. The molecule has 0 saturated heterocycles. The zero-order chi connectivity index (χ0) is 16.5. The lowest BCUT2D eigenvalue weighted by molar-refractivity contribution is -0.137. The molecule has 0 amide bonds. The first-order valence-corrected chi connectivity index (χ1v) is 5.34. The van der Waals surface area contributed by atoms with Gasteiger partial charge in [-0.3, -0.25) is 0 Å². The van der Waals surface area contributed by atoms with Crippen molar-refractivity contribution in [2.75, 3.05) is 18.0 Å². The Bertz CT molecular complexity index is 456. The average Bonchev–Trinajstić information content (AvgIpc) is 2.23. The Labute approximate surface area is 113 Å². The largest absolute Gasteiger partial charge is 0.416 e. The fraction of sp³-hybridized carbons (Fsp3) is 0.455. The van der Waals surface area contributed by atoms with Gasteiger partial charge in [0, 0.05) is 5.69 Å². The van der Waals surface area contributed by atoms with Crippen LogP contribution in [0.5, 0.6) is 0 Å². The van der Waals surface area contributed by atoms with Crippen LogP contribution in [0.15, 0.2) is 24.3 Å². The Morgan fingerprint density at radius 3 is 1.62 bits per heavy atom. The first-order valence-electron chi connectivity index (χ1n) is 5.34. The molecular formula is C11H8F9N. The zero-order valence-corrected chi connectivity index (χ0v) is 10.1. The molecule has 0 aromatic heterocycles. The minimum absolute atomic E-state index is 0.199. The summed E-state index contributed by atoms with van der Waals surface area (Å²) in [7, 11) is 0. The maximum atomic E-state index is 12.4. The maximum Gasteiger partial charge on any atom is 0.416 e. The normalized spacial score (nSPS) is 13.4. The maximum absolute atomic E-state index is 12.4. The van der Waals surface area contributed by atoms with Crippen LogP contribution < -0.4 is 4.90 Å². The van der Waals surface area contributed by atoms with Gasteiger partial charge in [-0.1, -0.05) is 6.07 Å². The molecule has 0 unspecified atom stereocenters. The molecule has 0 aliphatic carbocycles. The van der Waals surface area contributed by atoms with Crippen LogP contribution in [0.2, 0.25) is 0 Å². The van der Waals surface area contributed by atoms with Crippen LogP contribution in [-0.2, 0) is 6.18 Å². The van der Waals surface area contributed by atoms with Crippen molar-refractivity contribution in [3.8, 4) is 0 Å². The number of anilines is 1. The number of hydrogen-bond acceptors (Lipinski definition) is 1. The van der Waals surface area contributed by atoms with Crippen molar-refractivity contribution in [2.24, 2.45) is 0 Å². The van der Waals surface area contributed by atoms with Crippen molar-refractivity contribution in [2.45, 2.75) is 18.5 Å². The molecule has 0 aliphatic rings. The van der Waals surface area contributed by atoms with Gasteiger partial charge in [0.25, 0.3) is 0 Å². The summed E-state index contributed by atoms with van der Waals surface area (Å²) >= 11 is 0. The molecule has 0 heterocycles. The summed E-state index contributed by atoms with van der Waals surface area (Å²) in [5, 5.41) is 0. The highest BCUT2D eigenvalue weighted by atomic mass is 19.4. The van der Waals surface area contributed by atoms with Gasteiger partial charge in [0.15, 0.2) is 0 Å². The van der Waals surface area contributed by atoms with Crippen LogP contribution in [0.3, 0.4) is 0 Å². The Kier molecular flexibility index (Phi) is 4.69. The van der Waals surface area contributed by atoms with Crippen molar-refractivity contribution < 1.29 is 39.5 Å². The summed E-state index contributed by atoms with van der Waals surface area (Å²) in [4.78, 5) is -0.199. The zero-order valence-electron chi connectivity index (χ0n) is 10.1. The third-order valence-electron chi connectivity index (χ3n) is 2.28. The van der Waals surface area contributed by atoms with Crippen LogP contribution in [0.4, 0.5) is 45.2 Å². The third-order valence-corrected chi connectivity index (χ3v) is 2.28. The summed E-state index contributed by atoms with van der Waals surface area (Å²) in [5.41, 5.74) is -2.13. The SMILES string of the molecule is FC(F)(F)CN(CC(F)(F)F)c1cccc(C(F)(F)F)c1.